The number of aryl methyl sites for hydroxylation is 1. The molecule has 0 radical (unpaired) electrons. The van der Waals surface area contributed by atoms with Crippen molar-refractivity contribution in [1.29, 1.82) is 0 Å². The molecule has 0 fully saturated rings. The van der Waals surface area contributed by atoms with Crippen LogP contribution in [-0.4, -0.2) is 24.5 Å². The zero-order valence-corrected chi connectivity index (χ0v) is 20.6. The summed E-state index contributed by atoms with van der Waals surface area (Å²) < 4.78 is 25.7. The third-order valence-electron chi connectivity index (χ3n) is 5.06. The first kappa shape index (κ1) is 22.5. The molecule has 2 N–H and O–H groups in total. The Labute approximate surface area is 201 Å². The lowest BCUT2D eigenvalue weighted by Gasteiger charge is -2.20. The number of hydrogen-bond donors (Lipinski definition) is 1. The van der Waals surface area contributed by atoms with Gasteiger partial charge in [-0.1, -0.05) is 0 Å². The van der Waals surface area contributed by atoms with E-state index in [4.69, 9.17) is 10.5 Å². The molecule has 1 aromatic carbocycles. The molecule has 4 rings (SSSR count). The number of nitrogens with two attached hydrogens (primary N) is 1. The van der Waals surface area contributed by atoms with Crippen LogP contribution >= 0.6 is 31.9 Å². The van der Waals surface area contributed by atoms with E-state index in [1.54, 1.807) is 24.5 Å². The summed E-state index contributed by atoms with van der Waals surface area (Å²) in [6.07, 6.45) is 4.65. The van der Waals surface area contributed by atoms with Crippen LogP contribution in [0.4, 0.5) is 10.2 Å². The highest BCUT2D eigenvalue weighted by molar-refractivity contribution is 9.10. The van der Waals surface area contributed by atoms with Gasteiger partial charge in [-0.2, -0.15) is 10.2 Å². The summed E-state index contributed by atoms with van der Waals surface area (Å²) in [5.41, 5.74) is 9.29. The van der Waals surface area contributed by atoms with E-state index in [0.717, 1.165) is 32.4 Å². The van der Waals surface area contributed by atoms with Crippen molar-refractivity contribution in [2.75, 3.05) is 5.73 Å². The number of rotatable bonds is 7. The Morgan fingerprint density at radius 2 is 1.94 bits per heavy atom. The zero-order chi connectivity index (χ0) is 22.8. The quantitative estimate of drug-likeness (QED) is 0.316. The van der Waals surface area contributed by atoms with Crippen LogP contribution in [0, 0.1) is 5.82 Å². The fourth-order valence-electron chi connectivity index (χ4n) is 3.47. The number of nitrogen functional groups attached to an aromatic ring is 1. The average Bonchev–Trinajstić information content (AvgIpc) is 3.37. The van der Waals surface area contributed by atoms with Gasteiger partial charge in [-0.15, -0.1) is 0 Å². The standard InChI is InChI=1S/C22H21Br2FN6O/c1-3-30-21(24)14(10-29-30)12-31-19(6-7-28-31)17-5-4-16(25)9-18(17)13(2)32-20-8-15(23)11-27-22(20)26/h4-11,13H,3,12H2,1-2H3,(H2,26,27)/t13-/m1/s1. The maximum absolute atomic E-state index is 14.2. The topological polar surface area (TPSA) is 83.8 Å². The third kappa shape index (κ3) is 4.56. The van der Waals surface area contributed by atoms with Gasteiger partial charge in [0.2, 0.25) is 0 Å². The van der Waals surface area contributed by atoms with Crippen LogP contribution in [0.25, 0.3) is 11.3 Å². The molecule has 4 aromatic rings. The highest BCUT2D eigenvalue weighted by Gasteiger charge is 2.20. The monoisotopic (exact) mass is 562 g/mol. The Hall–Kier alpha value is -2.72. The maximum atomic E-state index is 14.2. The normalized spacial score (nSPS) is 12.2. The van der Waals surface area contributed by atoms with Crippen LogP contribution in [0.5, 0.6) is 5.75 Å². The Kier molecular flexibility index (Phi) is 6.61. The summed E-state index contributed by atoms with van der Waals surface area (Å²) in [5, 5.41) is 8.86. The molecule has 0 saturated heterocycles. The van der Waals surface area contributed by atoms with Crippen LogP contribution in [0.1, 0.15) is 31.1 Å². The lowest BCUT2D eigenvalue weighted by atomic mass is 10.00. The van der Waals surface area contributed by atoms with Gasteiger partial charge in [0.1, 0.15) is 16.5 Å². The molecule has 0 bridgehead atoms. The lowest BCUT2D eigenvalue weighted by molar-refractivity contribution is 0.227. The molecule has 3 heterocycles. The Balaban J connectivity index is 1.69. The molecule has 0 saturated carbocycles. The summed E-state index contributed by atoms with van der Waals surface area (Å²) in [4.78, 5) is 4.10. The van der Waals surface area contributed by atoms with Crippen molar-refractivity contribution in [3.63, 3.8) is 0 Å². The van der Waals surface area contributed by atoms with Crippen molar-refractivity contribution in [2.24, 2.45) is 0 Å². The predicted octanol–water partition coefficient (Wildman–Crippen LogP) is 5.60. The van der Waals surface area contributed by atoms with Crippen molar-refractivity contribution in [3.8, 4) is 17.0 Å². The van der Waals surface area contributed by atoms with Crippen LogP contribution in [-0.2, 0) is 13.1 Å². The Morgan fingerprint density at radius 3 is 2.69 bits per heavy atom. The minimum atomic E-state index is -0.489. The van der Waals surface area contributed by atoms with E-state index in [-0.39, 0.29) is 11.6 Å². The molecule has 10 heteroatoms. The molecule has 0 aliphatic carbocycles. The molecule has 0 unspecified atom stereocenters. The Morgan fingerprint density at radius 1 is 1.12 bits per heavy atom. The molecule has 32 heavy (non-hydrogen) atoms. The second kappa shape index (κ2) is 9.41. The summed E-state index contributed by atoms with van der Waals surface area (Å²) in [6.45, 7) is 5.15. The SMILES string of the molecule is CCn1ncc(Cn2nccc2-c2ccc(F)cc2[C@@H](C)Oc2cc(Br)cnc2N)c1Br. The van der Waals surface area contributed by atoms with Crippen LogP contribution in [0.15, 0.2) is 58.0 Å². The van der Waals surface area contributed by atoms with Gasteiger partial charge in [-0.25, -0.2) is 9.37 Å². The second-order valence-electron chi connectivity index (χ2n) is 7.18. The minimum absolute atomic E-state index is 0.265. The number of halogens is 3. The largest absolute Gasteiger partial charge is 0.482 e. The Bertz CT molecular complexity index is 1260. The highest BCUT2D eigenvalue weighted by Crippen LogP contribution is 2.34. The van der Waals surface area contributed by atoms with E-state index < -0.39 is 6.10 Å². The highest BCUT2D eigenvalue weighted by atomic mass is 79.9. The van der Waals surface area contributed by atoms with E-state index in [2.05, 4.69) is 47.0 Å². The number of benzene rings is 1. The van der Waals surface area contributed by atoms with Gasteiger partial charge in [0, 0.05) is 40.1 Å². The van der Waals surface area contributed by atoms with E-state index in [1.807, 2.05) is 35.5 Å². The van der Waals surface area contributed by atoms with Crippen LogP contribution in [0.2, 0.25) is 0 Å². The summed E-state index contributed by atoms with van der Waals surface area (Å²) in [7, 11) is 0. The van der Waals surface area contributed by atoms with Gasteiger partial charge in [0.15, 0.2) is 11.6 Å². The predicted molar refractivity (Wildman–Crippen MR) is 128 cm³/mol. The molecule has 3 aromatic heterocycles. The number of ether oxygens (including phenoxy) is 1. The maximum Gasteiger partial charge on any atom is 0.166 e. The molecular formula is C22H21Br2FN6O. The van der Waals surface area contributed by atoms with Gasteiger partial charge in [0.05, 0.1) is 18.4 Å². The van der Waals surface area contributed by atoms with Gasteiger partial charge < -0.3 is 10.5 Å². The summed E-state index contributed by atoms with van der Waals surface area (Å²) in [6, 6.07) is 8.29. The van der Waals surface area contributed by atoms with E-state index in [9.17, 15) is 4.39 Å². The smallest absolute Gasteiger partial charge is 0.166 e. The average molecular weight is 564 g/mol. The fourth-order valence-corrected chi connectivity index (χ4v) is 4.35. The molecule has 1 atom stereocenters. The fraction of sp³-hybridized carbons (Fsp3) is 0.227. The van der Waals surface area contributed by atoms with E-state index in [1.165, 1.54) is 12.1 Å². The minimum Gasteiger partial charge on any atom is -0.482 e. The van der Waals surface area contributed by atoms with E-state index >= 15 is 0 Å². The van der Waals surface area contributed by atoms with Crippen LogP contribution < -0.4 is 10.5 Å². The van der Waals surface area contributed by atoms with E-state index in [0.29, 0.717) is 17.9 Å². The number of hydrogen-bond acceptors (Lipinski definition) is 5. The summed E-state index contributed by atoms with van der Waals surface area (Å²) >= 11 is 6.98. The third-order valence-corrected chi connectivity index (χ3v) is 6.41. The van der Waals surface area contributed by atoms with Crippen molar-refractivity contribution < 1.29 is 9.13 Å². The molecule has 7 nitrogen and oxygen atoms in total. The molecule has 0 amide bonds. The zero-order valence-electron chi connectivity index (χ0n) is 17.5. The first-order valence-electron chi connectivity index (χ1n) is 9.96. The van der Waals surface area contributed by atoms with Crippen molar-refractivity contribution in [3.05, 3.63) is 74.9 Å². The number of aromatic nitrogens is 5. The van der Waals surface area contributed by atoms with Gasteiger partial charge in [0.25, 0.3) is 0 Å². The van der Waals surface area contributed by atoms with Gasteiger partial charge >= 0.3 is 0 Å². The summed E-state index contributed by atoms with van der Waals surface area (Å²) in [5.74, 6) is 0.338. The lowest BCUT2D eigenvalue weighted by Crippen LogP contribution is -2.10. The molecule has 166 valence electrons. The molecule has 0 aliphatic rings. The molecule has 0 aliphatic heterocycles. The molecular weight excluding hydrogens is 543 g/mol. The van der Waals surface area contributed by atoms with Crippen molar-refractivity contribution >= 4 is 37.7 Å². The van der Waals surface area contributed by atoms with Gasteiger partial charge in [-0.3, -0.25) is 9.36 Å². The second-order valence-corrected chi connectivity index (χ2v) is 8.85. The van der Waals surface area contributed by atoms with Gasteiger partial charge in [-0.05, 0) is 76.0 Å². The number of anilines is 1. The molecule has 0 spiro atoms. The first-order valence-corrected chi connectivity index (χ1v) is 11.6. The van der Waals surface area contributed by atoms with Crippen LogP contribution in [0.3, 0.4) is 0 Å². The first-order chi connectivity index (χ1) is 15.4. The van der Waals surface area contributed by atoms with Crippen molar-refractivity contribution in [2.45, 2.75) is 33.0 Å². The number of pyridine rings is 1. The number of nitrogens with zero attached hydrogens (tertiary/aromatic N) is 5. The van der Waals surface area contributed by atoms with Crippen molar-refractivity contribution in [1.82, 2.24) is 24.5 Å².